The van der Waals surface area contributed by atoms with Crippen molar-refractivity contribution in [1.29, 1.82) is 0 Å². The van der Waals surface area contributed by atoms with Crippen LogP contribution in [0.4, 0.5) is 0 Å². The number of esters is 1. The van der Waals surface area contributed by atoms with Crippen molar-refractivity contribution in [3.8, 4) is 0 Å². The molecule has 0 fully saturated rings. The fourth-order valence-corrected chi connectivity index (χ4v) is 4.05. The van der Waals surface area contributed by atoms with Crippen molar-refractivity contribution in [2.24, 2.45) is 0 Å². The van der Waals surface area contributed by atoms with Gasteiger partial charge in [0.1, 0.15) is 6.04 Å². The minimum Gasteiger partial charge on any atom is -0.548 e. The third-order valence-electron chi connectivity index (χ3n) is 5.76. The van der Waals surface area contributed by atoms with Gasteiger partial charge in [0.15, 0.2) is 0 Å². The molecule has 1 heterocycles. The van der Waals surface area contributed by atoms with Crippen LogP contribution in [-0.4, -0.2) is 47.5 Å². The normalized spacial score (nSPS) is 16.7. The van der Waals surface area contributed by atoms with Crippen LogP contribution in [0.25, 0.3) is 0 Å². The summed E-state index contributed by atoms with van der Waals surface area (Å²) in [6.45, 7) is 3.80. The molecule has 0 saturated heterocycles. The van der Waals surface area contributed by atoms with E-state index < -0.39 is 30.1 Å². The van der Waals surface area contributed by atoms with E-state index in [1.165, 1.54) is 4.90 Å². The van der Waals surface area contributed by atoms with Crippen LogP contribution < -0.4 is 40.0 Å². The molecule has 0 bridgehead atoms. The van der Waals surface area contributed by atoms with E-state index in [1.807, 2.05) is 54.6 Å². The van der Waals surface area contributed by atoms with Crippen LogP contribution in [0, 0.1) is 0 Å². The molecule has 0 spiro atoms. The molecule has 1 N–H and O–H groups in total. The Kier molecular flexibility index (Phi) is 10.6. The Morgan fingerprint density at radius 1 is 1.09 bits per heavy atom. The van der Waals surface area contributed by atoms with E-state index in [4.69, 9.17) is 4.74 Å². The van der Waals surface area contributed by atoms with Gasteiger partial charge in [-0.3, -0.25) is 14.9 Å². The third kappa shape index (κ3) is 7.14. The number of rotatable bonds is 9. The first-order chi connectivity index (χ1) is 15.4. The molecule has 0 aromatic heterocycles. The van der Waals surface area contributed by atoms with Gasteiger partial charge in [-0.05, 0) is 49.8 Å². The van der Waals surface area contributed by atoms with Crippen molar-refractivity contribution < 1.29 is 53.8 Å². The van der Waals surface area contributed by atoms with Crippen LogP contribution in [0.2, 0.25) is 0 Å². The summed E-state index contributed by atoms with van der Waals surface area (Å²) in [5.74, 6) is -2.10. The number of carboxylic acid groups (broad SMARTS) is 1. The first-order valence-electron chi connectivity index (χ1n) is 11.0. The summed E-state index contributed by atoms with van der Waals surface area (Å²) in [4.78, 5) is 38.9. The standard InChI is InChI=1S/C25H30N2O5.Na/c1-3-32-25(31)21(14-13-18-9-5-4-6-10-18)26-17(2)23(28)27-16-20-12-8-7-11-19(20)15-22(27)24(29)30;/h4-12,17,21-22,26H,3,13-16H2,1-2H3,(H,29,30);/q;+1/p-1/t17-,21-,22+;/m1./s1. The maximum absolute atomic E-state index is 13.2. The van der Waals surface area contributed by atoms with Crippen molar-refractivity contribution in [3.05, 3.63) is 71.3 Å². The molecular formula is C25H29N2NaO5. The molecule has 1 aliphatic heterocycles. The molecule has 2 aromatic rings. The summed E-state index contributed by atoms with van der Waals surface area (Å²) < 4.78 is 5.19. The summed E-state index contributed by atoms with van der Waals surface area (Å²) >= 11 is 0. The number of aliphatic carboxylic acids is 1. The van der Waals surface area contributed by atoms with E-state index in [0.717, 1.165) is 16.7 Å². The quantitative estimate of drug-likeness (QED) is 0.352. The van der Waals surface area contributed by atoms with Gasteiger partial charge in [0.25, 0.3) is 0 Å². The molecule has 7 nitrogen and oxygen atoms in total. The number of nitrogens with one attached hydrogen (secondary N) is 1. The molecule has 0 radical (unpaired) electrons. The van der Waals surface area contributed by atoms with Gasteiger partial charge in [-0.2, -0.15) is 0 Å². The number of hydrogen-bond acceptors (Lipinski definition) is 6. The molecule has 0 aliphatic carbocycles. The van der Waals surface area contributed by atoms with Gasteiger partial charge < -0.3 is 19.5 Å². The van der Waals surface area contributed by atoms with E-state index in [0.29, 0.717) is 12.8 Å². The summed E-state index contributed by atoms with van der Waals surface area (Å²) in [6.07, 6.45) is 1.29. The minimum atomic E-state index is -1.29. The fraction of sp³-hybridized carbons (Fsp3) is 0.400. The van der Waals surface area contributed by atoms with Crippen LogP contribution in [0.1, 0.15) is 37.0 Å². The Morgan fingerprint density at radius 2 is 1.73 bits per heavy atom. The number of aryl methyl sites for hydroxylation is 1. The van der Waals surface area contributed by atoms with Crippen LogP contribution in [0.15, 0.2) is 54.6 Å². The van der Waals surface area contributed by atoms with Gasteiger partial charge in [-0.25, -0.2) is 0 Å². The molecule has 170 valence electrons. The van der Waals surface area contributed by atoms with Crippen molar-refractivity contribution in [3.63, 3.8) is 0 Å². The van der Waals surface area contributed by atoms with E-state index in [-0.39, 0.29) is 55.0 Å². The second kappa shape index (κ2) is 12.9. The van der Waals surface area contributed by atoms with Crippen LogP contribution in [-0.2, 0) is 38.5 Å². The molecule has 0 saturated carbocycles. The number of benzene rings is 2. The van der Waals surface area contributed by atoms with Crippen molar-refractivity contribution in [1.82, 2.24) is 10.2 Å². The Morgan fingerprint density at radius 3 is 2.36 bits per heavy atom. The first kappa shape index (κ1) is 27.1. The van der Waals surface area contributed by atoms with Gasteiger partial charge in [0, 0.05) is 6.54 Å². The zero-order valence-electron chi connectivity index (χ0n) is 19.5. The Labute approximate surface area is 216 Å². The number of carbonyl (C=O) groups excluding carboxylic acids is 3. The second-order valence-corrected chi connectivity index (χ2v) is 7.99. The molecule has 0 unspecified atom stereocenters. The van der Waals surface area contributed by atoms with Gasteiger partial charge in [0.2, 0.25) is 5.91 Å². The Balaban J connectivity index is 0.00000385. The molecule has 33 heavy (non-hydrogen) atoms. The van der Waals surface area contributed by atoms with Gasteiger partial charge in [-0.1, -0.05) is 54.6 Å². The number of fused-ring (bicyclic) bond motifs is 1. The molecule has 1 aliphatic rings. The smallest absolute Gasteiger partial charge is 0.548 e. The monoisotopic (exact) mass is 460 g/mol. The zero-order valence-corrected chi connectivity index (χ0v) is 21.5. The molecule has 3 rings (SSSR count). The maximum atomic E-state index is 13.2. The molecule has 1 amide bonds. The minimum absolute atomic E-state index is 0. The number of carboxylic acids is 1. The van der Waals surface area contributed by atoms with Crippen molar-refractivity contribution >= 4 is 17.8 Å². The van der Waals surface area contributed by atoms with Gasteiger partial charge in [0.05, 0.1) is 24.7 Å². The van der Waals surface area contributed by atoms with Crippen LogP contribution >= 0.6 is 0 Å². The number of amides is 1. The predicted molar refractivity (Wildman–Crippen MR) is 117 cm³/mol. The largest absolute Gasteiger partial charge is 1.00 e. The van der Waals surface area contributed by atoms with E-state index in [2.05, 4.69) is 5.32 Å². The van der Waals surface area contributed by atoms with Crippen LogP contribution in [0.5, 0.6) is 0 Å². The Bertz CT molecular complexity index is 953. The molecule has 3 atom stereocenters. The van der Waals surface area contributed by atoms with E-state index >= 15 is 0 Å². The van der Waals surface area contributed by atoms with Gasteiger partial charge in [-0.15, -0.1) is 0 Å². The SMILES string of the molecule is CCOC(=O)[C@@H](CCc1ccccc1)N[C@H](C)C(=O)N1Cc2ccccc2C[C@H]1C(=O)[O-].[Na+]. The first-order valence-corrected chi connectivity index (χ1v) is 11.0. The zero-order chi connectivity index (χ0) is 23.1. The number of hydrogen-bond donors (Lipinski definition) is 1. The third-order valence-corrected chi connectivity index (χ3v) is 5.76. The average Bonchev–Trinajstić information content (AvgIpc) is 2.80. The van der Waals surface area contributed by atoms with Gasteiger partial charge >= 0.3 is 35.5 Å². The number of ether oxygens (including phenoxy) is 1. The van der Waals surface area contributed by atoms with E-state index in [9.17, 15) is 19.5 Å². The molecule has 2 aromatic carbocycles. The summed E-state index contributed by atoms with van der Waals surface area (Å²) in [6, 6.07) is 14.7. The molecule has 8 heteroatoms. The number of nitrogens with zero attached hydrogens (tertiary/aromatic N) is 1. The fourth-order valence-electron chi connectivity index (χ4n) is 4.05. The number of carbonyl (C=O) groups is 3. The Hall–Kier alpha value is -2.19. The predicted octanol–water partition coefficient (Wildman–Crippen LogP) is -1.76. The van der Waals surface area contributed by atoms with Crippen molar-refractivity contribution in [2.45, 2.75) is 57.8 Å². The maximum Gasteiger partial charge on any atom is 1.00 e. The second-order valence-electron chi connectivity index (χ2n) is 7.99. The van der Waals surface area contributed by atoms with Crippen LogP contribution in [0.3, 0.4) is 0 Å². The molecular weight excluding hydrogens is 431 g/mol. The topological polar surface area (TPSA) is 98.8 Å². The average molecular weight is 461 g/mol. The summed E-state index contributed by atoms with van der Waals surface area (Å²) in [7, 11) is 0. The summed E-state index contributed by atoms with van der Waals surface area (Å²) in [5.41, 5.74) is 2.89. The van der Waals surface area contributed by atoms with E-state index in [1.54, 1.807) is 13.8 Å². The summed E-state index contributed by atoms with van der Waals surface area (Å²) in [5, 5.41) is 14.9. The van der Waals surface area contributed by atoms with Crippen molar-refractivity contribution in [2.75, 3.05) is 6.61 Å².